The van der Waals surface area contributed by atoms with Gasteiger partial charge in [-0.15, -0.1) is 0 Å². The van der Waals surface area contributed by atoms with Crippen LogP contribution >= 0.6 is 0 Å². The maximum Gasteiger partial charge on any atom is 0.410 e. The van der Waals surface area contributed by atoms with Gasteiger partial charge in [0.1, 0.15) is 6.61 Å². The minimum absolute atomic E-state index is 0.0644. The van der Waals surface area contributed by atoms with Crippen LogP contribution in [-0.4, -0.2) is 55.5 Å². The number of nitrogens with zero attached hydrogens (tertiary/aromatic N) is 1. The monoisotopic (exact) mass is 355 g/mol. The fraction of sp³-hybridized carbons (Fsp3) is 0.300. The lowest BCUT2D eigenvalue weighted by Gasteiger charge is -2.24. The number of aliphatic hydroxyl groups is 1. The number of ether oxygens (including phenoxy) is 2. The molecule has 26 heavy (non-hydrogen) atoms. The summed E-state index contributed by atoms with van der Waals surface area (Å²) in [6.45, 7) is -0.385. The number of carbonyl (C=O) groups excluding carboxylic acids is 2. The molecule has 0 unspecified atom stereocenters. The van der Waals surface area contributed by atoms with Gasteiger partial charge in [-0.3, -0.25) is 4.90 Å². The third-order valence-corrected chi connectivity index (χ3v) is 4.74. The summed E-state index contributed by atoms with van der Waals surface area (Å²) in [6, 6.07) is 15.0. The highest BCUT2D eigenvalue weighted by Gasteiger charge is 2.32. The number of methoxy groups -OCH3 is 1. The van der Waals surface area contributed by atoms with Crippen LogP contribution in [0.5, 0.6) is 0 Å². The molecule has 0 saturated carbocycles. The molecule has 2 aromatic carbocycles. The van der Waals surface area contributed by atoms with Crippen LogP contribution in [0.4, 0.5) is 4.79 Å². The number of esters is 1. The predicted molar refractivity (Wildman–Crippen MR) is 95.7 cm³/mol. The predicted octanol–water partition coefficient (Wildman–Crippen LogP) is 2.40. The Bertz CT molecular complexity index is 774. The Hall–Kier alpha value is -2.86. The molecule has 0 aliphatic heterocycles. The van der Waals surface area contributed by atoms with Crippen LogP contribution in [0.3, 0.4) is 0 Å². The topological polar surface area (TPSA) is 76.1 Å². The van der Waals surface area contributed by atoms with Gasteiger partial charge in [0, 0.05) is 13.0 Å². The molecule has 3 rings (SSSR count). The van der Waals surface area contributed by atoms with E-state index in [4.69, 9.17) is 4.74 Å². The average molecular weight is 355 g/mol. The van der Waals surface area contributed by atoms with Crippen molar-refractivity contribution in [3.8, 4) is 11.1 Å². The molecule has 0 spiro atoms. The molecule has 6 heteroatoms. The zero-order chi connectivity index (χ0) is 18.7. The first-order chi connectivity index (χ1) is 12.6. The SMILES string of the molecule is COC(=O)[C@H](CO)N(C)C(=O)OCC1c2ccccc2-c2ccccc21. The highest BCUT2D eigenvalue weighted by Crippen LogP contribution is 2.44. The summed E-state index contributed by atoms with van der Waals surface area (Å²) in [6.07, 6.45) is -0.684. The molecule has 0 radical (unpaired) electrons. The zero-order valence-electron chi connectivity index (χ0n) is 14.7. The molecule has 0 saturated heterocycles. The van der Waals surface area contributed by atoms with E-state index < -0.39 is 24.7 Å². The molecule has 136 valence electrons. The number of amides is 1. The van der Waals surface area contributed by atoms with E-state index in [9.17, 15) is 14.7 Å². The van der Waals surface area contributed by atoms with Gasteiger partial charge < -0.3 is 14.6 Å². The fourth-order valence-corrected chi connectivity index (χ4v) is 3.31. The second-order valence-electron chi connectivity index (χ2n) is 6.14. The Kier molecular flexibility index (Phi) is 5.23. The van der Waals surface area contributed by atoms with Crippen molar-refractivity contribution in [3.63, 3.8) is 0 Å². The molecule has 1 aliphatic carbocycles. The van der Waals surface area contributed by atoms with Crippen molar-refractivity contribution in [2.45, 2.75) is 12.0 Å². The largest absolute Gasteiger partial charge is 0.467 e. The molecule has 2 aromatic rings. The van der Waals surface area contributed by atoms with Crippen molar-refractivity contribution in [1.82, 2.24) is 4.90 Å². The van der Waals surface area contributed by atoms with Gasteiger partial charge in [0.2, 0.25) is 0 Å². The van der Waals surface area contributed by atoms with E-state index >= 15 is 0 Å². The highest BCUT2D eigenvalue weighted by atomic mass is 16.6. The molecular formula is C20H21NO5. The van der Waals surface area contributed by atoms with Crippen LogP contribution in [-0.2, 0) is 14.3 Å². The summed E-state index contributed by atoms with van der Waals surface area (Å²) in [5, 5.41) is 9.34. The van der Waals surface area contributed by atoms with Gasteiger partial charge >= 0.3 is 12.1 Å². The lowest BCUT2D eigenvalue weighted by atomic mass is 9.98. The number of rotatable bonds is 5. The van der Waals surface area contributed by atoms with Crippen molar-refractivity contribution in [3.05, 3.63) is 59.7 Å². The molecular weight excluding hydrogens is 334 g/mol. The smallest absolute Gasteiger partial charge is 0.410 e. The van der Waals surface area contributed by atoms with Crippen molar-refractivity contribution in [2.75, 3.05) is 27.4 Å². The average Bonchev–Trinajstić information content (AvgIpc) is 3.00. The van der Waals surface area contributed by atoms with E-state index in [1.165, 1.54) is 14.2 Å². The number of benzene rings is 2. The van der Waals surface area contributed by atoms with Crippen molar-refractivity contribution >= 4 is 12.1 Å². The number of hydrogen-bond donors (Lipinski definition) is 1. The second-order valence-corrected chi connectivity index (χ2v) is 6.14. The Morgan fingerprint density at radius 3 is 2.12 bits per heavy atom. The lowest BCUT2D eigenvalue weighted by Crippen LogP contribution is -2.45. The summed E-state index contributed by atoms with van der Waals surface area (Å²) in [5.74, 6) is -0.756. The molecule has 1 atom stereocenters. The number of carbonyl (C=O) groups is 2. The van der Waals surface area contributed by atoms with Crippen LogP contribution in [0.1, 0.15) is 17.0 Å². The third-order valence-electron chi connectivity index (χ3n) is 4.74. The Balaban J connectivity index is 1.76. The van der Waals surface area contributed by atoms with Gasteiger partial charge in [-0.25, -0.2) is 9.59 Å². The minimum Gasteiger partial charge on any atom is -0.467 e. The van der Waals surface area contributed by atoms with Crippen LogP contribution in [0, 0.1) is 0 Å². The van der Waals surface area contributed by atoms with Crippen LogP contribution in [0.2, 0.25) is 0 Å². The molecule has 0 heterocycles. The molecule has 0 aromatic heterocycles. The van der Waals surface area contributed by atoms with Gasteiger partial charge in [-0.1, -0.05) is 48.5 Å². The van der Waals surface area contributed by atoms with Crippen LogP contribution in [0.15, 0.2) is 48.5 Å². The van der Waals surface area contributed by atoms with Crippen molar-refractivity contribution in [1.29, 1.82) is 0 Å². The van der Waals surface area contributed by atoms with Crippen LogP contribution in [0.25, 0.3) is 11.1 Å². The zero-order valence-corrected chi connectivity index (χ0v) is 14.7. The van der Waals surface area contributed by atoms with Crippen molar-refractivity contribution < 1.29 is 24.2 Å². The maximum atomic E-state index is 12.3. The first-order valence-electron chi connectivity index (χ1n) is 8.35. The molecule has 1 aliphatic rings. The van der Waals surface area contributed by atoms with Crippen molar-refractivity contribution in [2.24, 2.45) is 0 Å². The molecule has 1 amide bonds. The van der Waals surface area contributed by atoms with Gasteiger partial charge in [0.15, 0.2) is 6.04 Å². The van der Waals surface area contributed by atoms with E-state index in [-0.39, 0.29) is 12.5 Å². The summed E-state index contributed by atoms with van der Waals surface area (Å²) < 4.78 is 10.0. The van der Waals surface area contributed by atoms with Gasteiger partial charge in [-0.2, -0.15) is 0 Å². The fourth-order valence-electron chi connectivity index (χ4n) is 3.31. The minimum atomic E-state index is -1.09. The van der Waals surface area contributed by atoms with Gasteiger partial charge in [0.25, 0.3) is 0 Å². The Labute approximate surface area is 152 Å². The number of likely N-dealkylation sites (N-methyl/N-ethyl adjacent to an activating group) is 1. The summed E-state index contributed by atoms with van der Waals surface area (Å²) >= 11 is 0. The second kappa shape index (κ2) is 7.58. The first kappa shape index (κ1) is 17.9. The number of aliphatic hydroxyl groups excluding tert-OH is 1. The van der Waals surface area contributed by atoms with Gasteiger partial charge in [-0.05, 0) is 22.3 Å². The number of fused-ring (bicyclic) bond motifs is 3. The molecule has 0 bridgehead atoms. The summed E-state index contributed by atoms with van der Waals surface area (Å²) in [4.78, 5) is 25.0. The van der Waals surface area contributed by atoms with E-state index in [0.29, 0.717) is 0 Å². The quantitative estimate of drug-likeness (QED) is 0.834. The van der Waals surface area contributed by atoms with Gasteiger partial charge in [0.05, 0.1) is 13.7 Å². The molecule has 0 fully saturated rings. The van der Waals surface area contributed by atoms with E-state index in [0.717, 1.165) is 27.2 Å². The third kappa shape index (κ3) is 3.15. The van der Waals surface area contributed by atoms with E-state index in [1.807, 2.05) is 36.4 Å². The normalized spacial score (nSPS) is 13.5. The van der Waals surface area contributed by atoms with E-state index in [2.05, 4.69) is 16.9 Å². The number of hydrogen-bond acceptors (Lipinski definition) is 5. The van der Waals surface area contributed by atoms with E-state index in [1.54, 1.807) is 0 Å². The maximum absolute atomic E-state index is 12.3. The van der Waals surface area contributed by atoms with Crippen LogP contribution < -0.4 is 0 Å². The highest BCUT2D eigenvalue weighted by molar-refractivity contribution is 5.82. The summed E-state index contributed by atoms with van der Waals surface area (Å²) in [5.41, 5.74) is 4.49. The Morgan fingerprint density at radius 2 is 1.62 bits per heavy atom. The summed E-state index contributed by atoms with van der Waals surface area (Å²) in [7, 11) is 2.60. The molecule has 1 N–H and O–H groups in total. The Morgan fingerprint density at radius 1 is 1.08 bits per heavy atom. The molecule has 6 nitrogen and oxygen atoms in total. The standard InChI is InChI=1S/C20H21NO5/c1-21(18(11-22)19(23)25-2)20(24)26-12-17-15-9-5-3-7-13(15)14-8-4-6-10-16(14)17/h3-10,17-18,22H,11-12H2,1-2H3/t18-/m0/s1. The first-order valence-corrected chi connectivity index (χ1v) is 8.35. The lowest BCUT2D eigenvalue weighted by molar-refractivity contribution is -0.147.